The first kappa shape index (κ1) is 17.9. The van der Waals surface area contributed by atoms with Crippen LogP contribution < -0.4 is 16.2 Å². The fourth-order valence-electron chi connectivity index (χ4n) is 2.77. The molecule has 1 fully saturated rings. The van der Waals surface area contributed by atoms with Gasteiger partial charge in [0.1, 0.15) is 0 Å². The maximum absolute atomic E-state index is 12.5. The molecule has 9 heteroatoms. The molecule has 0 bridgehead atoms. The van der Waals surface area contributed by atoms with Gasteiger partial charge < -0.3 is 15.6 Å². The topological polar surface area (TPSA) is 117 Å². The number of pyridine rings is 1. The van der Waals surface area contributed by atoms with E-state index in [0.29, 0.717) is 10.9 Å². The van der Waals surface area contributed by atoms with Gasteiger partial charge in [-0.15, -0.1) is 12.4 Å². The van der Waals surface area contributed by atoms with Crippen LogP contribution in [0.5, 0.6) is 0 Å². The van der Waals surface area contributed by atoms with E-state index < -0.39 is 10.5 Å². The number of halogens is 1. The van der Waals surface area contributed by atoms with E-state index in [-0.39, 0.29) is 35.6 Å². The Labute approximate surface area is 143 Å². The maximum atomic E-state index is 12.5. The van der Waals surface area contributed by atoms with Crippen LogP contribution in [0.3, 0.4) is 0 Å². The zero-order valence-electron chi connectivity index (χ0n) is 12.7. The molecule has 0 aliphatic carbocycles. The summed E-state index contributed by atoms with van der Waals surface area (Å²) in [6.07, 6.45) is 1.63. The molecular formula is C15H17ClN4O4. The molecular weight excluding hydrogens is 336 g/mol. The van der Waals surface area contributed by atoms with Gasteiger partial charge >= 0.3 is 0 Å². The summed E-state index contributed by atoms with van der Waals surface area (Å²) in [6, 6.07) is 5.27. The number of piperidine rings is 1. The monoisotopic (exact) mass is 352 g/mol. The predicted molar refractivity (Wildman–Crippen MR) is 91.8 cm³/mol. The summed E-state index contributed by atoms with van der Waals surface area (Å²) in [5.41, 5.74) is 0.0202. The summed E-state index contributed by atoms with van der Waals surface area (Å²) in [7, 11) is 0. The van der Waals surface area contributed by atoms with Gasteiger partial charge in [-0.3, -0.25) is 19.7 Å². The minimum absolute atomic E-state index is 0. The van der Waals surface area contributed by atoms with Crippen LogP contribution in [0.25, 0.3) is 10.9 Å². The molecule has 1 aromatic heterocycles. The molecule has 3 rings (SSSR count). The molecule has 24 heavy (non-hydrogen) atoms. The van der Waals surface area contributed by atoms with Crippen LogP contribution in [0.4, 0.5) is 5.69 Å². The number of amides is 1. The van der Waals surface area contributed by atoms with Gasteiger partial charge in [-0.1, -0.05) is 0 Å². The highest BCUT2D eigenvalue weighted by Gasteiger charge is 2.19. The van der Waals surface area contributed by atoms with Crippen molar-refractivity contribution < 1.29 is 9.72 Å². The average Bonchev–Trinajstić information content (AvgIpc) is 2.54. The Morgan fingerprint density at radius 3 is 2.62 bits per heavy atom. The number of nitrogens with zero attached hydrogens (tertiary/aromatic N) is 1. The van der Waals surface area contributed by atoms with Crippen molar-refractivity contribution in [2.24, 2.45) is 0 Å². The third-order valence-corrected chi connectivity index (χ3v) is 3.96. The first-order chi connectivity index (χ1) is 11.0. The molecule has 1 amide bonds. The number of aromatic nitrogens is 1. The van der Waals surface area contributed by atoms with Gasteiger partial charge in [-0.25, -0.2) is 0 Å². The van der Waals surface area contributed by atoms with Crippen molar-refractivity contribution in [1.29, 1.82) is 0 Å². The lowest BCUT2D eigenvalue weighted by molar-refractivity contribution is -0.384. The van der Waals surface area contributed by atoms with Crippen molar-refractivity contribution in [2.75, 3.05) is 13.1 Å². The van der Waals surface area contributed by atoms with E-state index in [1.165, 1.54) is 24.3 Å². The summed E-state index contributed by atoms with van der Waals surface area (Å²) in [5, 5.41) is 17.4. The highest BCUT2D eigenvalue weighted by molar-refractivity contribution is 6.06. The first-order valence-corrected chi connectivity index (χ1v) is 7.37. The van der Waals surface area contributed by atoms with E-state index in [0.717, 1.165) is 25.9 Å². The standard InChI is InChI=1S/C15H16N4O4.ClH/c20-14-8-12(15(21)17-9-3-5-16-6-4-9)11-7-10(19(22)23)1-2-13(11)18-14;/h1-2,7-9,16H,3-6H2,(H,17,21)(H,18,20);1H. The quantitative estimate of drug-likeness (QED) is 0.569. The molecule has 0 atom stereocenters. The van der Waals surface area contributed by atoms with E-state index >= 15 is 0 Å². The van der Waals surface area contributed by atoms with Crippen molar-refractivity contribution in [3.05, 3.63) is 50.3 Å². The van der Waals surface area contributed by atoms with Crippen LogP contribution in [-0.2, 0) is 0 Å². The smallest absolute Gasteiger partial charge is 0.270 e. The number of benzene rings is 1. The Morgan fingerprint density at radius 2 is 1.96 bits per heavy atom. The number of aromatic amines is 1. The number of nitrogens with one attached hydrogen (secondary N) is 3. The van der Waals surface area contributed by atoms with E-state index in [9.17, 15) is 19.7 Å². The molecule has 1 saturated heterocycles. The van der Waals surface area contributed by atoms with Gasteiger partial charge in [0.2, 0.25) is 5.56 Å². The number of H-pyrrole nitrogens is 1. The van der Waals surface area contributed by atoms with Crippen LogP contribution in [0.15, 0.2) is 29.1 Å². The third kappa shape index (κ3) is 3.72. The number of hydrogen-bond donors (Lipinski definition) is 3. The fraction of sp³-hybridized carbons (Fsp3) is 0.333. The van der Waals surface area contributed by atoms with Gasteiger partial charge in [0.05, 0.1) is 10.5 Å². The van der Waals surface area contributed by atoms with Gasteiger partial charge in [0.15, 0.2) is 0 Å². The van der Waals surface area contributed by atoms with Crippen molar-refractivity contribution in [1.82, 2.24) is 15.6 Å². The maximum Gasteiger partial charge on any atom is 0.270 e. The van der Waals surface area contributed by atoms with Crippen LogP contribution in [0.2, 0.25) is 0 Å². The molecule has 1 aromatic carbocycles. The van der Waals surface area contributed by atoms with Crippen LogP contribution >= 0.6 is 12.4 Å². The number of fused-ring (bicyclic) bond motifs is 1. The molecule has 2 aromatic rings. The molecule has 3 N–H and O–H groups in total. The summed E-state index contributed by atoms with van der Waals surface area (Å²) >= 11 is 0. The SMILES string of the molecule is Cl.O=C(NC1CCNCC1)c1cc(=O)[nH]c2ccc([N+](=O)[O-])cc12. The largest absolute Gasteiger partial charge is 0.349 e. The fourth-order valence-corrected chi connectivity index (χ4v) is 2.77. The minimum atomic E-state index is -0.529. The molecule has 0 radical (unpaired) electrons. The van der Waals surface area contributed by atoms with Crippen molar-refractivity contribution >= 4 is 34.9 Å². The molecule has 0 spiro atoms. The summed E-state index contributed by atoms with van der Waals surface area (Å²) < 4.78 is 0. The van der Waals surface area contributed by atoms with Gasteiger partial charge in [0, 0.05) is 35.1 Å². The number of rotatable bonds is 3. The second-order valence-electron chi connectivity index (χ2n) is 5.53. The highest BCUT2D eigenvalue weighted by Crippen LogP contribution is 2.21. The lowest BCUT2D eigenvalue weighted by Gasteiger charge is -2.23. The number of carbonyl (C=O) groups is 1. The Kier molecular flexibility index (Phi) is 5.53. The lowest BCUT2D eigenvalue weighted by Crippen LogP contribution is -2.42. The molecule has 2 heterocycles. The molecule has 128 valence electrons. The Bertz CT molecular complexity index is 830. The molecule has 0 unspecified atom stereocenters. The zero-order chi connectivity index (χ0) is 16.4. The lowest BCUT2D eigenvalue weighted by atomic mass is 10.0. The zero-order valence-corrected chi connectivity index (χ0v) is 13.5. The first-order valence-electron chi connectivity index (χ1n) is 7.37. The van der Waals surface area contributed by atoms with Gasteiger partial charge in [-0.05, 0) is 32.0 Å². The van der Waals surface area contributed by atoms with Gasteiger partial charge in [-0.2, -0.15) is 0 Å². The van der Waals surface area contributed by atoms with Crippen LogP contribution in [0, 0.1) is 10.1 Å². The number of nitro groups is 1. The van der Waals surface area contributed by atoms with Gasteiger partial charge in [0.25, 0.3) is 11.6 Å². The normalized spacial score (nSPS) is 14.8. The summed E-state index contributed by atoms with van der Waals surface area (Å²) in [4.78, 5) is 37.2. The van der Waals surface area contributed by atoms with E-state index in [1.54, 1.807) is 0 Å². The number of carbonyl (C=O) groups excluding carboxylic acids is 1. The minimum Gasteiger partial charge on any atom is -0.349 e. The molecule has 8 nitrogen and oxygen atoms in total. The second-order valence-corrected chi connectivity index (χ2v) is 5.53. The number of hydrogen-bond acceptors (Lipinski definition) is 5. The third-order valence-electron chi connectivity index (χ3n) is 3.96. The summed E-state index contributed by atoms with van der Waals surface area (Å²) in [5.74, 6) is -0.381. The van der Waals surface area contributed by atoms with Crippen molar-refractivity contribution in [3.63, 3.8) is 0 Å². The predicted octanol–water partition coefficient (Wildman–Crippen LogP) is 1.34. The molecule has 0 saturated carbocycles. The Morgan fingerprint density at radius 1 is 1.25 bits per heavy atom. The van der Waals surface area contributed by atoms with Crippen LogP contribution in [-0.4, -0.2) is 34.9 Å². The van der Waals surface area contributed by atoms with E-state index in [4.69, 9.17) is 0 Å². The Hall–Kier alpha value is -2.45. The average molecular weight is 353 g/mol. The number of nitro benzene ring substituents is 1. The van der Waals surface area contributed by atoms with E-state index in [2.05, 4.69) is 15.6 Å². The van der Waals surface area contributed by atoms with E-state index in [1.807, 2.05) is 0 Å². The van der Waals surface area contributed by atoms with Crippen molar-refractivity contribution in [2.45, 2.75) is 18.9 Å². The Balaban J connectivity index is 0.00000208. The summed E-state index contributed by atoms with van der Waals surface area (Å²) in [6.45, 7) is 1.65. The number of non-ortho nitro benzene ring substituents is 1. The van der Waals surface area contributed by atoms with Crippen LogP contribution in [0.1, 0.15) is 23.2 Å². The highest BCUT2D eigenvalue weighted by atomic mass is 35.5. The molecule has 1 aliphatic heterocycles. The second kappa shape index (κ2) is 7.41. The molecule has 1 aliphatic rings. The van der Waals surface area contributed by atoms with Crippen molar-refractivity contribution in [3.8, 4) is 0 Å².